The van der Waals surface area contributed by atoms with Gasteiger partial charge in [0.25, 0.3) is 0 Å². The van der Waals surface area contributed by atoms with Crippen molar-refractivity contribution in [1.29, 1.82) is 0 Å². The van der Waals surface area contributed by atoms with Gasteiger partial charge in [-0.1, -0.05) is 0 Å². The lowest BCUT2D eigenvalue weighted by molar-refractivity contribution is 0.178. The second kappa shape index (κ2) is 6.02. The number of methoxy groups -OCH3 is 1. The van der Waals surface area contributed by atoms with E-state index in [0.29, 0.717) is 6.61 Å². The summed E-state index contributed by atoms with van der Waals surface area (Å²) < 4.78 is 11.8. The fourth-order valence-electron chi connectivity index (χ4n) is 1.69. The number of aryl methyl sites for hydroxylation is 1. The van der Waals surface area contributed by atoms with E-state index in [9.17, 15) is 0 Å². The van der Waals surface area contributed by atoms with Crippen LogP contribution >= 0.6 is 15.9 Å². The van der Waals surface area contributed by atoms with E-state index in [-0.39, 0.29) is 6.04 Å². The number of rotatable bonds is 5. The van der Waals surface area contributed by atoms with Crippen LogP contribution in [0.3, 0.4) is 0 Å². The monoisotopic (exact) mass is 310 g/mol. The van der Waals surface area contributed by atoms with Gasteiger partial charge < -0.3 is 14.5 Å². The molecule has 2 heterocycles. The molecule has 2 aromatic heterocycles. The Morgan fingerprint density at radius 2 is 2.28 bits per heavy atom. The summed E-state index contributed by atoms with van der Waals surface area (Å²) in [6.45, 7) is 2.45. The second-order valence-corrected chi connectivity index (χ2v) is 4.91. The van der Waals surface area contributed by atoms with Gasteiger partial charge in [-0.05, 0) is 41.1 Å². The summed E-state index contributed by atoms with van der Waals surface area (Å²) in [5.74, 6) is 1.74. The van der Waals surface area contributed by atoms with E-state index < -0.39 is 0 Å². The Labute approximate surface area is 114 Å². The molecule has 96 valence electrons. The predicted octanol–water partition coefficient (Wildman–Crippen LogP) is 3.55. The van der Waals surface area contributed by atoms with Crippen molar-refractivity contribution in [3.8, 4) is 0 Å². The van der Waals surface area contributed by atoms with E-state index in [2.05, 4.69) is 26.2 Å². The van der Waals surface area contributed by atoms with Crippen molar-refractivity contribution < 1.29 is 9.15 Å². The molecule has 1 unspecified atom stereocenters. The highest BCUT2D eigenvalue weighted by Crippen LogP contribution is 2.23. The van der Waals surface area contributed by atoms with Crippen molar-refractivity contribution in [2.75, 3.05) is 19.0 Å². The first-order chi connectivity index (χ1) is 8.69. The fraction of sp³-hybridized carbons (Fsp3) is 0.308. The number of furan rings is 1. The standard InChI is InChI=1S/C13H15BrN2O2/c1-9-3-4-13(18-9)12(8-17-2)16-11-5-10(14)6-15-7-11/h3-7,12,16H,8H2,1-2H3. The zero-order valence-electron chi connectivity index (χ0n) is 10.3. The maximum Gasteiger partial charge on any atom is 0.128 e. The van der Waals surface area contributed by atoms with Crippen LogP contribution in [0, 0.1) is 6.92 Å². The van der Waals surface area contributed by atoms with Crippen LogP contribution < -0.4 is 5.32 Å². The van der Waals surface area contributed by atoms with E-state index in [4.69, 9.17) is 9.15 Å². The molecule has 0 aliphatic rings. The van der Waals surface area contributed by atoms with Gasteiger partial charge in [0.1, 0.15) is 17.6 Å². The van der Waals surface area contributed by atoms with Gasteiger partial charge in [0.15, 0.2) is 0 Å². The second-order valence-electron chi connectivity index (χ2n) is 3.99. The largest absolute Gasteiger partial charge is 0.464 e. The first kappa shape index (κ1) is 13.1. The van der Waals surface area contributed by atoms with Crippen LogP contribution in [0.25, 0.3) is 0 Å². The highest BCUT2D eigenvalue weighted by atomic mass is 79.9. The molecular weight excluding hydrogens is 296 g/mol. The number of nitrogens with one attached hydrogen (secondary N) is 1. The Morgan fingerprint density at radius 1 is 1.44 bits per heavy atom. The van der Waals surface area contributed by atoms with Crippen molar-refractivity contribution in [2.45, 2.75) is 13.0 Å². The zero-order chi connectivity index (χ0) is 13.0. The van der Waals surface area contributed by atoms with E-state index in [1.54, 1.807) is 19.5 Å². The Bertz CT molecular complexity index is 513. The molecule has 0 aliphatic heterocycles. The molecule has 0 aromatic carbocycles. The molecule has 18 heavy (non-hydrogen) atoms. The minimum Gasteiger partial charge on any atom is -0.464 e. The third-order valence-electron chi connectivity index (χ3n) is 2.48. The molecule has 0 radical (unpaired) electrons. The molecule has 2 rings (SSSR count). The molecule has 4 nitrogen and oxygen atoms in total. The van der Waals surface area contributed by atoms with Crippen LogP contribution in [-0.4, -0.2) is 18.7 Å². The Kier molecular flexibility index (Phi) is 4.38. The normalized spacial score (nSPS) is 12.4. The first-order valence-corrected chi connectivity index (χ1v) is 6.40. The van der Waals surface area contributed by atoms with Gasteiger partial charge in [-0.3, -0.25) is 4.98 Å². The molecule has 0 fully saturated rings. The molecule has 0 bridgehead atoms. The van der Waals surface area contributed by atoms with Crippen LogP contribution in [-0.2, 0) is 4.74 Å². The van der Waals surface area contributed by atoms with Gasteiger partial charge in [0.05, 0.1) is 18.5 Å². The summed E-state index contributed by atoms with van der Waals surface area (Å²) in [6.07, 6.45) is 3.51. The smallest absolute Gasteiger partial charge is 0.128 e. The zero-order valence-corrected chi connectivity index (χ0v) is 11.9. The lowest BCUT2D eigenvalue weighted by Gasteiger charge is -2.16. The molecule has 2 aromatic rings. The average Bonchev–Trinajstić information content (AvgIpc) is 2.75. The van der Waals surface area contributed by atoms with Gasteiger partial charge in [-0.25, -0.2) is 0 Å². The van der Waals surface area contributed by atoms with Crippen LogP contribution in [0.2, 0.25) is 0 Å². The molecule has 0 amide bonds. The molecule has 0 saturated heterocycles. The van der Waals surface area contributed by atoms with Crippen LogP contribution in [0.5, 0.6) is 0 Å². The summed E-state index contributed by atoms with van der Waals surface area (Å²) in [7, 11) is 1.67. The third-order valence-corrected chi connectivity index (χ3v) is 2.92. The number of hydrogen-bond donors (Lipinski definition) is 1. The quantitative estimate of drug-likeness (QED) is 0.917. The van der Waals surface area contributed by atoms with E-state index in [0.717, 1.165) is 21.7 Å². The third kappa shape index (κ3) is 3.34. The number of pyridine rings is 1. The summed E-state index contributed by atoms with van der Waals surface area (Å²) in [5, 5.41) is 3.34. The van der Waals surface area contributed by atoms with Gasteiger partial charge in [0.2, 0.25) is 0 Å². The fourth-order valence-corrected chi connectivity index (χ4v) is 2.06. The molecule has 1 N–H and O–H groups in total. The molecule has 1 atom stereocenters. The number of nitrogens with zero attached hydrogens (tertiary/aromatic N) is 1. The minimum absolute atomic E-state index is 0.0280. The van der Waals surface area contributed by atoms with Crippen molar-refractivity contribution in [3.63, 3.8) is 0 Å². The van der Waals surface area contributed by atoms with Crippen molar-refractivity contribution in [3.05, 3.63) is 46.6 Å². The van der Waals surface area contributed by atoms with Gasteiger partial charge in [0, 0.05) is 17.8 Å². The number of ether oxygens (including phenoxy) is 1. The van der Waals surface area contributed by atoms with Crippen molar-refractivity contribution in [2.24, 2.45) is 0 Å². The van der Waals surface area contributed by atoms with Gasteiger partial charge >= 0.3 is 0 Å². The number of halogens is 1. The first-order valence-electron chi connectivity index (χ1n) is 5.61. The summed E-state index contributed by atoms with van der Waals surface area (Å²) in [4.78, 5) is 4.12. The highest BCUT2D eigenvalue weighted by molar-refractivity contribution is 9.10. The predicted molar refractivity (Wildman–Crippen MR) is 73.6 cm³/mol. The molecule has 0 aliphatic carbocycles. The lowest BCUT2D eigenvalue weighted by atomic mass is 10.2. The maximum absolute atomic E-state index is 5.63. The van der Waals surface area contributed by atoms with Crippen LogP contribution in [0.1, 0.15) is 17.6 Å². The van der Waals surface area contributed by atoms with E-state index >= 15 is 0 Å². The molecule has 0 saturated carbocycles. The lowest BCUT2D eigenvalue weighted by Crippen LogP contribution is -2.15. The molecule has 5 heteroatoms. The van der Waals surface area contributed by atoms with Crippen LogP contribution in [0.15, 0.2) is 39.5 Å². The maximum atomic E-state index is 5.63. The number of aromatic nitrogens is 1. The molecular formula is C13H15BrN2O2. The Hall–Kier alpha value is -1.33. The summed E-state index contributed by atoms with van der Waals surface area (Å²) in [6, 6.07) is 5.83. The Morgan fingerprint density at radius 3 is 2.89 bits per heavy atom. The SMILES string of the molecule is COCC(Nc1cncc(Br)c1)c1ccc(C)o1. The number of anilines is 1. The highest BCUT2D eigenvalue weighted by Gasteiger charge is 2.15. The van der Waals surface area contributed by atoms with Gasteiger partial charge in [-0.2, -0.15) is 0 Å². The van der Waals surface area contributed by atoms with Gasteiger partial charge in [-0.15, -0.1) is 0 Å². The van der Waals surface area contributed by atoms with Crippen molar-refractivity contribution in [1.82, 2.24) is 4.98 Å². The minimum atomic E-state index is -0.0280. The average molecular weight is 311 g/mol. The molecule has 0 spiro atoms. The summed E-state index contributed by atoms with van der Waals surface area (Å²) >= 11 is 3.39. The summed E-state index contributed by atoms with van der Waals surface area (Å²) in [5.41, 5.74) is 0.917. The number of hydrogen-bond acceptors (Lipinski definition) is 4. The van der Waals surface area contributed by atoms with E-state index in [1.807, 2.05) is 25.1 Å². The van der Waals surface area contributed by atoms with Crippen LogP contribution in [0.4, 0.5) is 5.69 Å². The topological polar surface area (TPSA) is 47.3 Å². The van der Waals surface area contributed by atoms with Crippen molar-refractivity contribution >= 4 is 21.6 Å². The van der Waals surface area contributed by atoms with E-state index in [1.165, 1.54) is 0 Å². The Balaban J connectivity index is 2.16.